The number of likely N-dealkylation sites (tertiary alicyclic amines) is 1. The van der Waals surface area contributed by atoms with Crippen LogP contribution in [0.5, 0.6) is 5.75 Å². The second-order valence-corrected chi connectivity index (χ2v) is 12.5. The van der Waals surface area contributed by atoms with Gasteiger partial charge in [-0.3, -0.25) is 9.69 Å². The molecule has 1 aliphatic carbocycles. The summed E-state index contributed by atoms with van der Waals surface area (Å²) in [6, 6.07) is 14.1. The third-order valence-corrected chi connectivity index (χ3v) is 8.08. The summed E-state index contributed by atoms with van der Waals surface area (Å²) in [6.45, 7) is 8.31. The highest BCUT2D eigenvalue weighted by Crippen LogP contribution is 2.39. The van der Waals surface area contributed by atoms with E-state index in [1.165, 1.54) is 6.07 Å². The lowest BCUT2D eigenvalue weighted by atomic mass is 9.88. The number of allylic oxidation sites excluding steroid dienone is 1. The van der Waals surface area contributed by atoms with Crippen LogP contribution in [0.25, 0.3) is 5.57 Å². The normalized spacial score (nSPS) is 26.1. The molecule has 4 atom stereocenters. The number of hydrogen-bond acceptors (Lipinski definition) is 6. The molecule has 2 aliphatic heterocycles. The van der Waals surface area contributed by atoms with Gasteiger partial charge < -0.3 is 24.3 Å². The number of nitrogens with zero attached hydrogens (tertiary/aromatic N) is 1. The zero-order valence-electron chi connectivity index (χ0n) is 24.9. The molecule has 2 amide bonds. The van der Waals surface area contributed by atoms with Gasteiger partial charge in [0.05, 0.1) is 36.5 Å². The van der Waals surface area contributed by atoms with Crippen molar-refractivity contribution in [3.8, 4) is 5.75 Å². The van der Waals surface area contributed by atoms with Gasteiger partial charge in [-0.1, -0.05) is 42.5 Å². The molecule has 0 bridgehead atoms. The van der Waals surface area contributed by atoms with Crippen molar-refractivity contribution < 1.29 is 32.9 Å². The van der Waals surface area contributed by atoms with Crippen molar-refractivity contribution in [1.82, 2.24) is 10.2 Å². The van der Waals surface area contributed by atoms with E-state index in [-0.39, 0.29) is 37.1 Å². The number of carbonyl (C=O) groups excluding carboxylic acids is 2. The van der Waals surface area contributed by atoms with Gasteiger partial charge in [-0.25, -0.2) is 9.18 Å². The van der Waals surface area contributed by atoms with Crippen LogP contribution in [0, 0.1) is 5.82 Å². The fourth-order valence-electron chi connectivity index (χ4n) is 6.25. The number of benzene rings is 2. The molecule has 0 radical (unpaired) electrons. The highest BCUT2D eigenvalue weighted by Gasteiger charge is 2.56. The van der Waals surface area contributed by atoms with E-state index >= 15 is 4.39 Å². The molecule has 0 aromatic heterocycles. The Morgan fingerprint density at radius 1 is 1.17 bits per heavy atom. The summed E-state index contributed by atoms with van der Waals surface area (Å²) in [7, 11) is 0. The van der Waals surface area contributed by atoms with Crippen LogP contribution in [0.15, 0.2) is 54.6 Å². The van der Waals surface area contributed by atoms with Gasteiger partial charge in [0.15, 0.2) is 0 Å². The first kappa shape index (κ1) is 30.0. The van der Waals surface area contributed by atoms with Gasteiger partial charge in [0.1, 0.15) is 30.4 Å². The first-order valence-corrected chi connectivity index (χ1v) is 14.7. The zero-order valence-corrected chi connectivity index (χ0v) is 24.9. The third kappa shape index (κ3) is 6.79. The quantitative estimate of drug-likeness (QED) is 0.456. The average molecular weight is 581 g/mol. The Hall–Kier alpha value is -3.43. The molecular weight excluding hydrogens is 539 g/mol. The Morgan fingerprint density at radius 2 is 1.95 bits per heavy atom. The molecule has 1 spiro atoms. The predicted octanol–water partition coefficient (Wildman–Crippen LogP) is 5.64. The van der Waals surface area contributed by atoms with Crippen LogP contribution >= 0.6 is 0 Å². The predicted molar refractivity (Wildman–Crippen MR) is 156 cm³/mol. The highest BCUT2D eigenvalue weighted by atomic mass is 19.1. The largest absolute Gasteiger partial charge is 0.488 e. The molecule has 3 aliphatic rings. The standard InChI is InChI=1S/C33H41FN2O6/c1-22-17-33(21-39-20-29(37)35-33)28(36(22)31(38)42-32(2,3)4)19-40-25-15-13-24(14-16-25)30-26(34)11-8-12-27(30)41-18-23-9-6-5-7-10-23/h5-13,22,25,28H,14-21H2,1-4H3,(H,35,37)/t22-,25?,28?,33?/m1/s1. The summed E-state index contributed by atoms with van der Waals surface area (Å²) in [4.78, 5) is 27.4. The highest BCUT2D eigenvalue weighted by molar-refractivity contribution is 5.79. The molecule has 3 unspecified atom stereocenters. The fraction of sp³-hybridized carbons (Fsp3) is 0.515. The summed E-state index contributed by atoms with van der Waals surface area (Å²) in [5, 5.41) is 3.11. The third-order valence-electron chi connectivity index (χ3n) is 8.08. The van der Waals surface area contributed by atoms with Gasteiger partial charge in [0, 0.05) is 6.04 Å². The molecule has 0 saturated carbocycles. The number of halogens is 1. The van der Waals surface area contributed by atoms with E-state index in [1.54, 1.807) is 17.0 Å². The van der Waals surface area contributed by atoms with Crippen LogP contribution in [-0.4, -0.2) is 66.0 Å². The maximum absolute atomic E-state index is 15.1. The molecule has 8 nitrogen and oxygen atoms in total. The van der Waals surface area contributed by atoms with Crippen molar-refractivity contribution in [2.75, 3.05) is 19.8 Å². The molecule has 1 N–H and O–H groups in total. The van der Waals surface area contributed by atoms with E-state index in [2.05, 4.69) is 5.32 Å². The molecular formula is C33H41FN2O6. The van der Waals surface area contributed by atoms with Crippen molar-refractivity contribution in [3.05, 3.63) is 71.6 Å². The topological polar surface area (TPSA) is 86.3 Å². The maximum atomic E-state index is 15.1. The first-order valence-electron chi connectivity index (χ1n) is 14.7. The number of hydrogen-bond donors (Lipinski definition) is 1. The summed E-state index contributed by atoms with van der Waals surface area (Å²) < 4.78 is 38.9. The molecule has 9 heteroatoms. The van der Waals surface area contributed by atoms with Gasteiger partial charge in [-0.05, 0) is 76.6 Å². The Kier molecular flexibility index (Phi) is 8.89. The van der Waals surface area contributed by atoms with Crippen molar-refractivity contribution in [2.45, 2.75) is 89.3 Å². The smallest absolute Gasteiger partial charge is 0.410 e. The number of rotatable bonds is 7. The molecule has 2 aromatic rings. The Balaban J connectivity index is 1.28. The molecule has 2 heterocycles. The number of carbonyl (C=O) groups is 2. The van der Waals surface area contributed by atoms with Crippen LogP contribution in [-0.2, 0) is 25.6 Å². The number of amides is 2. The Bertz CT molecular complexity index is 1310. The second-order valence-electron chi connectivity index (χ2n) is 12.5. The average Bonchev–Trinajstić information content (AvgIpc) is 3.20. The van der Waals surface area contributed by atoms with Crippen LogP contribution in [0.4, 0.5) is 9.18 Å². The molecule has 2 fully saturated rings. The zero-order chi connectivity index (χ0) is 29.9. The summed E-state index contributed by atoms with van der Waals surface area (Å²) in [6.07, 6.45) is 3.90. The van der Waals surface area contributed by atoms with Crippen molar-refractivity contribution in [3.63, 3.8) is 0 Å². The lowest BCUT2D eigenvalue weighted by molar-refractivity contribution is -0.137. The van der Waals surface area contributed by atoms with Crippen molar-refractivity contribution >= 4 is 17.6 Å². The van der Waals surface area contributed by atoms with Crippen LogP contribution in [0.2, 0.25) is 0 Å². The molecule has 5 rings (SSSR count). The van der Waals surface area contributed by atoms with E-state index in [4.69, 9.17) is 18.9 Å². The number of ether oxygens (including phenoxy) is 4. The van der Waals surface area contributed by atoms with E-state index in [9.17, 15) is 9.59 Å². The van der Waals surface area contributed by atoms with E-state index in [0.717, 1.165) is 11.1 Å². The molecule has 2 saturated heterocycles. The summed E-state index contributed by atoms with van der Waals surface area (Å²) in [5.41, 5.74) is 0.988. The van der Waals surface area contributed by atoms with Gasteiger partial charge in [-0.2, -0.15) is 0 Å². The summed E-state index contributed by atoms with van der Waals surface area (Å²) in [5.74, 6) is 0.00594. The lowest BCUT2D eigenvalue weighted by Gasteiger charge is -2.41. The van der Waals surface area contributed by atoms with Crippen LogP contribution < -0.4 is 10.1 Å². The van der Waals surface area contributed by atoms with E-state index in [0.29, 0.717) is 50.2 Å². The number of morpholine rings is 1. The van der Waals surface area contributed by atoms with Crippen molar-refractivity contribution in [1.29, 1.82) is 0 Å². The minimum Gasteiger partial charge on any atom is -0.488 e. The van der Waals surface area contributed by atoms with E-state index < -0.39 is 23.3 Å². The van der Waals surface area contributed by atoms with Crippen LogP contribution in [0.1, 0.15) is 64.5 Å². The van der Waals surface area contributed by atoms with Crippen molar-refractivity contribution in [2.24, 2.45) is 0 Å². The lowest BCUT2D eigenvalue weighted by Crippen LogP contribution is -2.65. The summed E-state index contributed by atoms with van der Waals surface area (Å²) >= 11 is 0. The van der Waals surface area contributed by atoms with Gasteiger partial charge in [-0.15, -0.1) is 0 Å². The molecule has 2 aromatic carbocycles. The second kappa shape index (κ2) is 12.4. The van der Waals surface area contributed by atoms with Gasteiger partial charge in [0.25, 0.3) is 0 Å². The van der Waals surface area contributed by atoms with Gasteiger partial charge >= 0.3 is 6.09 Å². The minimum atomic E-state index is -0.751. The molecule has 226 valence electrons. The fourth-order valence-corrected chi connectivity index (χ4v) is 6.25. The maximum Gasteiger partial charge on any atom is 0.410 e. The SMILES string of the molecule is C[C@@H]1CC2(COCC(=O)N2)C(COC2CC=C(c3c(F)cccc3OCc3ccccc3)CC2)N1C(=O)OC(C)(C)C. The Morgan fingerprint density at radius 3 is 2.64 bits per heavy atom. The van der Waals surface area contributed by atoms with Gasteiger partial charge in [0.2, 0.25) is 5.91 Å². The molecule has 42 heavy (non-hydrogen) atoms. The first-order chi connectivity index (χ1) is 20.0. The van der Waals surface area contributed by atoms with E-state index in [1.807, 2.05) is 64.1 Å². The Labute approximate surface area is 247 Å². The monoisotopic (exact) mass is 580 g/mol. The van der Waals surface area contributed by atoms with Crippen LogP contribution in [0.3, 0.4) is 0 Å². The number of nitrogens with one attached hydrogen (secondary N) is 1. The minimum absolute atomic E-state index is 0.000557.